The van der Waals surface area contributed by atoms with E-state index >= 15 is 0 Å². The van der Waals surface area contributed by atoms with E-state index in [2.05, 4.69) is 91.7 Å². The van der Waals surface area contributed by atoms with Gasteiger partial charge >= 0.3 is 0 Å². The Morgan fingerprint density at radius 1 is 0.833 bits per heavy atom. The van der Waals surface area contributed by atoms with Crippen molar-refractivity contribution in [3.8, 4) is 11.4 Å². The summed E-state index contributed by atoms with van der Waals surface area (Å²) in [6.07, 6.45) is 0. The lowest BCUT2D eigenvalue weighted by atomic mass is 9.93. The highest BCUT2D eigenvalue weighted by Gasteiger charge is 2.41. The molecule has 0 amide bonds. The third-order valence-electron chi connectivity index (χ3n) is 7.79. The van der Waals surface area contributed by atoms with Crippen LogP contribution in [0, 0.1) is 20.8 Å². The van der Waals surface area contributed by atoms with Crippen molar-refractivity contribution in [3.05, 3.63) is 125 Å². The maximum Gasteiger partial charge on any atom is 0.179 e. The summed E-state index contributed by atoms with van der Waals surface area (Å²) in [5.41, 5.74) is 9.28. The molecule has 5 aromatic rings. The van der Waals surface area contributed by atoms with Crippen LogP contribution >= 0.6 is 0 Å². The van der Waals surface area contributed by atoms with Crippen LogP contribution in [0.4, 0.5) is 22.9 Å². The van der Waals surface area contributed by atoms with Crippen LogP contribution in [-0.2, 0) is 0 Å². The van der Waals surface area contributed by atoms with Gasteiger partial charge in [0.1, 0.15) is 5.75 Å². The molecule has 0 saturated heterocycles. The van der Waals surface area contributed by atoms with E-state index in [-0.39, 0.29) is 6.04 Å². The Hall–Kier alpha value is -5.17. The molecule has 0 aliphatic carbocycles. The van der Waals surface area contributed by atoms with Gasteiger partial charge in [-0.15, -0.1) is 0 Å². The van der Waals surface area contributed by atoms with Crippen molar-refractivity contribution in [3.63, 3.8) is 0 Å². The molecule has 7 rings (SSSR count). The van der Waals surface area contributed by atoms with E-state index < -0.39 is 0 Å². The van der Waals surface area contributed by atoms with Gasteiger partial charge in [0.05, 0.1) is 35.4 Å². The topological polar surface area (TPSA) is 67.0 Å². The van der Waals surface area contributed by atoms with Gasteiger partial charge in [0, 0.05) is 11.3 Å². The number of nitrogens with one attached hydrogen (secondary N) is 1. The molecule has 208 valence electrons. The van der Waals surface area contributed by atoms with Gasteiger partial charge in [-0.1, -0.05) is 54.6 Å². The van der Waals surface area contributed by atoms with Gasteiger partial charge in [-0.3, -0.25) is 0 Å². The molecule has 1 atom stereocenters. The quantitative estimate of drug-likeness (QED) is 0.240. The van der Waals surface area contributed by atoms with Gasteiger partial charge in [-0.05, 0) is 86.8 Å². The summed E-state index contributed by atoms with van der Waals surface area (Å²) in [4.78, 5) is 12.8. The fourth-order valence-corrected chi connectivity index (χ4v) is 5.77. The first kappa shape index (κ1) is 25.8. The molecular formula is C35H32N6O. The number of nitrogens with zero attached hydrogens (tertiary/aromatic N) is 5. The lowest BCUT2D eigenvalue weighted by Gasteiger charge is -2.40. The highest BCUT2D eigenvalue weighted by molar-refractivity contribution is 6.51. The van der Waals surface area contributed by atoms with Crippen LogP contribution in [0.3, 0.4) is 0 Å². The van der Waals surface area contributed by atoms with Crippen molar-refractivity contribution in [2.24, 2.45) is 9.98 Å². The number of benzene rings is 4. The third kappa shape index (κ3) is 4.34. The molecule has 7 heteroatoms. The lowest BCUT2D eigenvalue weighted by Crippen LogP contribution is -2.46. The number of hydrogen-bond acceptors (Lipinski definition) is 6. The zero-order valence-electron chi connectivity index (χ0n) is 24.2. The van der Waals surface area contributed by atoms with Gasteiger partial charge in [0.2, 0.25) is 0 Å². The normalized spacial score (nSPS) is 15.2. The number of amidine groups is 2. The molecule has 3 heterocycles. The summed E-state index contributed by atoms with van der Waals surface area (Å²) in [6, 6.07) is 33.0. The SMILES string of the molecule is CCOc1ccc(C2c3c(C)nn(-c4ccccc4)c3N=C3C(Nc4cc(C)ccc4C)=Nc4ccccc4N32)cc1. The molecule has 2 aliphatic rings. The van der Waals surface area contributed by atoms with Crippen LogP contribution in [0.15, 0.2) is 107 Å². The first-order valence-corrected chi connectivity index (χ1v) is 14.3. The number of anilines is 2. The molecular weight excluding hydrogens is 520 g/mol. The molecule has 4 aromatic carbocycles. The van der Waals surface area contributed by atoms with E-state index in [1.807, 2.05) is 48.0 Å². The highest BCUT2D eigenvalue weighted by Crippen LogP contribution is 2.48. The number of hydrogen-bond donors (Lipinski definition) is 1. The highest BCUT2D eigenvalue weighted by atomic mass is 16.5. The summed E-state index contributed by atoms with van der Waals surface area (Å²) in [6.45, 7) is 8.89. The van der Waals surface area contributed by atoms with Crippen molar-refractivity contribution in [1.82, 2.24) is 9.78 Å². The zero-order valence-corrected chi connectivity index (χ0v) is 24.2. The van der Waals surface area contributed by atoms with E-state index in [4.69, 9.17) is 19.8 Å². The van der Waals surface area contributed by atoms with E-state index in [1.165, 1.54) is 5.56 Å². The molecule has 0 saturated carbocycles. The number of para-hydroxylation sites is 3. The van der Waals surface area contributed by atoms with Crippen molar-refractivity contribution in [2.45, 2.75) is 33.7 Å². The van der Waals surface area contributed by atoms with Crippen molar-refractivity contribution < 1.29 is 4.74 Å². The Kier molecular flexibility index (Phi) is 6.35. The van der Waals surface area contributed by atoms with E-state index in [9.17, 15) is 0 Å². The molecule has 1 unspecified atom stereocenters. The average Bonchev–Trinajstić information content (AvgIpc) is 3.35. The molecule has 2 aliphatic heterocycles. The number of aryl methyl sites for hydroxylation is 3. The maximum atomic E-state index is 5.79. The van der Waals surface area contributed by atoms with Gasteiger partial charge in [0.15, 0.2) is 17.5 Å². The number of aliphatic imine (C=N–C) groups is 2. The summed E-state index contributed by atoms with van der Waals surface area (Å²) in [7, 11) is 0. The van der Waals surface area contributed by atoms with Gasteiger partial charge in [-0.2, -0.15) is 5.10 Å². The van der Waals surface area contributed by atoms with Crippen molar-refractivity contribution in [2.75, 3.05) is 16.8 Å². The van der Waals surface area contributed by atoms with E-state index in [1.54, 1.807) is 0 Å². The molecule has 0 spiro atoms. The second-order valence-corrected chi connectivity index (χ2v) is 10.7. The van der Waals surface area contributed by atoms with Crippen LogP contribution in [-0.4, -0.2) is 28.1 Å². The Morgan fingerprint density at radius 3 is 2.38 bits per heavy atom. The van der Waals surface area contributed by atoms with Crippen LogP contribution < -0.4 is 15.0 Å². The molecule has 0 bridgehead atoms. The zero-order chi connectivity index (χ0) is 28.8. The van der Waals surface area contributed by atoms with Gasteiger partial charge in [0.25, 0.3) is 0 Å². The maximum absolute atomic E-state index is 5.79. The Bertz CT molecular complexity index is 1850. The second-order valence-electron chi connectivity index (χ2n) is 10.7. The molecule has 1 aromatic heterocycles. The fourth-order valence-electron chi connectivity index (χ4n) is 5.77. The summed E-state index contributed by atoms with van der Waals surface area (Å²) >= 11 is 0. The standard InChI is InChI=1S/C35H32N6O/c1-5-42-27-19-17-25(18-20-27)32-31-24(4)39-41(26-11-7-6-8-12-26)34(31)38-35-33(37-29-21-22(2)15-16-23(29)3)36-28-13-9-10-14-30(28)40(32)35/h6-21,32H,5H2,1-4H3,(H,36,37). The predicted molar refractivity (Wildman–Crippen MR) is 170 cm³/mol. The fraction of sp³-hybridized carbons (Fsp3) is 0.171. The molecule has 42 heavy (non-hydrogen) atoms. The largest absolute Gasteiger partial charge is 0.494 e. The number of aromatic nitrogens is 2. The molecule has 0 radical (unpaired) electrons. The Morgan fingerprint density at radius 2 is 1.60 bits per heavy atom. The van der Waals surface area contributed by atoms with Gasteiger partial charge in [-0.25, -0.2) is 14.7 Å². The van der Waals surface area contributed by atoms with Gasteiger partial charge < -0.3 is 15.0 Å². The van der Waals surface area contributed by atoms with Crippen LogP contribution in [0.1, 0.15) is 40.9 Å². The average molecular weight is 553 g/mol. The Balaban J connectivity index is 1.48. The molecule has 0 fully saturated rings. The number of rotatable bonds is 5. The second kappa shape index (κ2) is 10.3. The van der Waals surface area contributed by atoms with Crippen molar-refractivity contribution in [1.29, 1.82) is 0 Å². The minimum atomic E-state index is -0.187. The van der Waals surface area contributed by atoms with Crippen LogP contribution in [0.2, 0.25) is 0 Å². The molecule has 1 N–H and O–H groups in total. The predicted octanol–water partition coefficient (Wildman–Crippen LogP) is 7.99. The van der Waals surface area contributed by atoms with Crippen LogP contribution in [0.5, 0.6) is 5.75 Å². The van der Waals surface area contributed by atoms with Crippen molar-refractivity contribution >= 4 is 34.6 Å². The lowest BCUT2D eigenvalue weighted by molar-refractivity contribution is 0.340. The summed E-state index contributed by atoms with van der Waals surface area (Å²) < 4.78 is 7.74. The van der Waals surface area contributed by atoms with Crippen LogP contribution in [0.25, 0.3) is 5.69 Å². The summed E-state index contributed by atoms with van der Waals surface area (Å²) in [5.74, 6) is 3.10. The minimum absolute atomic E-state index is 0.187. The third-order valence-corrected chi connectivity index (χ3v) is 7.79. The Labute approximate surface area is 245 Å². The summed E-state index contributed by atoms with van der Waals surface area (Å²) in [5, 5.41) is 8.68. The monoisotopic (exact) mass is 552 g/mol. The first-order chi connectivity index (χ1) is 20.5. The smallest absolute Gasteiger partial charge is 0.179 e. The molecule has 7 nitrogen and oxygen atoms in total. The number of fused-ring (bicyclic) bond motifs is 4. The first-order valence-electron chi connectivity index (χ1n) is 14.3. The van der Waals surface area contributed by atoms with E-state index in [0.29, 0.717) is 12.4 Å². The number of ether oxygens (including phenoxy) is 1. The minimum Gasteiger partial charge on any atom is -0.494 e. The van der Waals surface area contributed by atoms with E-state index in [0.717, 1.165) is 62.5 Å².